The molecule has 0 aliphatic heterocycles. The van der Waals surface area contributed by atoms with Crippen molar-refractivity contribution in [3.63, 3.8) is 0 Å². The third-order valence-corrected chi connectivity index (χ3v) is 3.48. The van der Waals surface area contributed by atoms with Gasteiger partial charge in [0, 0.05) is 6.42 Å². The van der Waals surface area contributed by atoms with Gasteiger partial charge in [-0.3, -0.25) is 4.79 Å². The van der Waals surface area contributed by atoms with Crippen LogP contribution in [0.25, 0.3) is 0 Å². The molecule has 1 rings (SSSR count). The molecule has 0 amide bonds. The minimum absolute atomic E-state index is 0.218. The highest BCUT2D eigenvalue weighted by atomic mass is 16.1. The van der Waals surface area contributed by atoms with E-state index in [2.05, 4.69) is 47.6 Å². The number of carbonyl (C=O) groups is 1. The van der Waals surface area contributed by atoms with Gasteiger partial charge in [0.2, 0.25) is 0 Å². The summed E-state index contributed by atoms with van der Waals surface area (Å²) in [7, 11) is 0. The zero-order chi connectivity index (χ0) is 13.9. The van der Waals surface area contributed by atoms with E-state index in [4.69, 9.17) is 0 Å². The van der Waals surface area contributed by atoms with Crippen molar-refractivity contribution in [2.75, 3.05) is 0 Å². The van der Waals surface area contributed by atoms with Crippen LogP contribution in [0.15, 0.2) is 34.9 Å². The third-order valence-electron chi connectivity index (χ3n) is 3.48. The van der Waals surface area contributed by atoms with Crippen molar-refractivity contribution in [3.05, 3.63) is 34.9 Å². The molecule has 1 aliphatic carbocycles. The molecule has 0 unspecified atom stereocenters. The van der Waals surface area contributed by atoms with Crippen molar-refractivity contribution in [1.82, 2.24) is 0 Å². The second-order valence-electron chi connectivity index (χ2n) is 6.03. The Labute approximate surface area is 112 Å². The summed E-state index contributed by atoms with van der Waals surface area (Å²) in [6, 6.07) is 0. The minimum atomic E-state index is 0.218. The molecule has 1 nitrogen and oxygen atoms in total. The third kappa shape index (κ3) is 3.44. The highest BCUT2D eigenvalue weighted by Gasteiger charge is 2.21. The molecule has 0 aromatic heterocycles. The van der Waals surface area contributed by atoms with Crippen molar-refractivity contribution < 1.29 is 4.79 Å². The fourth-order valence-electron chi connectivity index (χ4n) is 2.60. The van der Waals surface area contributed by atoms with Gasteiger partial charge in [-0.05, 0) is 35.0 Å². The number of ketones is 1. The van der Waals surface area contributed by atoms with Crippen LogP contribution in [0.2, 0.25) is 0 Å². The molecule has 0 spiro atoms. The van der Waals surface area contributed by atoms with Gasteiger partial charge < -0.3 is 0 Å². The van der Waals surface area contributed by atoms with Crippen molar-refractivity contribution in [1.29, 1.82) is 0 Å². The molecule has 18 heavy (non-hydrogen) atoms. The van der Waals surface area contributed by atoms with Crippen molar-refractivity contribution in [2.24, 2.45) is 17.8 Å². The van der Waals surface area contributed by atoms with Gasteiger partial charge in [-0.25, -0.2) is 0 Å². The molecule has 0 N–H and O–H groups in total. The molecular formula is C17H26O. The topological polar surface area (TPSA) is 17.1 Å². The Morgan fingerprint density at radius 2 is 1.56 bits per heavy atom. The molecule has 0 heterocycles. The molecule has 0 bridgehead atoms. The van der Waals surface area contributed by atoms with E-state index in [1.54, 1.807) is 6.08 Å². The van der Waals surface area contributed by atoms with Crippen LogP contribution in [0.3, 0.4) is 0 Å². The molecular weight excluding hydrogens is 220 g/mol. The Bertz CT molecular complexity index is 403. The van der Waals surface area contributed by atoms with E-state index in [1.807, 2.05) is 6.08 Å². The highest BCUT2D eigenvalue weighted by Crippen LogP contribution is 2.34. The highest BCUT2D eigenvalue weighted by molar-refractivity contribution is 5.92. The van der Waals surface area contributed by atoms with E-state index in [0.29, 0.717) is 24.2 Å². The Hall–Kier alpha value is -1.11. The summed E-state index contributed by atoms with van der Waals surface area (Å²) in [4.78, 5) is 11.8. The Balaban J connectivity index is 3.44. The lowest BCUT2D eigenvalue weighted by Gasteiger charge is -2.26. The monoisotopic (exact) mass is 246 g/mol. The first kappa shape index (κ1) is 14.9. The van der Waals surface area contributed by atoms with E-state index in [0.717, 1.165) is 0 Å². The van der Waals surface area contributed by atoms with Gasteiger partial charge in [0.15, 0.2) is 5.78 Å². The zero-order valence-electron chi connectivity index (χ0n) is 12.6. The van der Waals surface area contributed by atoms with Crippen molar-refractivity contribution >= 4 is 5.78 Å². The molecule has 0 aromatic rings. The van der Waals surface area contributed by atoms with E-state index in [-0.39, 0.29) is 5.78 Å². The molecule has 0 saturated carbocycles. The first-order valence-electron chi connectivity index (χ1n) is 6.99. The Morgan fingerprint density at radius 3 is 2.00 bits per heavy atom. The van der Waals surface area contributed by atoms with Crippen LogP contribution in [0.1, 0.15) is 48.0 Å². The van der Waals surface area contributed by atoms with E-state index < -0.39 is 0 Å². The molecule has 1 aliphatic rings. The van der Waals surface area contributed by atoms with Gasteiger partial charge in [-0.1, -0.05) is 59.3 Å². The van der Waals surface area contributed by atoms with Crippen LogP contribution < -0.4 is 0 Å². The van der Waals surface area contributed by atoms with Crippen LogP contribution in [-0.2, 0) is 4.79 Å². The molecule has 1 heteroatoms. The second-order valence-corrected chi connectivity index (χ2v) is 6.03. The number of carbonyl (C=O) groups excluding carboxylic acids is 1. The quantitative estimate of drug-likeness (QED) is 0.705. The van der Waals surface area contributed by atoms with Crippen molar-refractivity contribution in [3.8, 4) is 0 Å². The molecule has 0 aromatic carbocycles. The SMILES string of the molecule is CC(C)C1=C/C=C\C(=O)CC(C(C)C)=C1C(C)C. The standard InChI is InChI=1S/C17H26O/c1-11(2)15-9-7-8-14(18)10-16(12(3)4)17(15)13(5)6/h7-9,11-13H,10H2,1-6H3/b8-7-,15-9?,17-16?. The van der Waals surface area contributed by atoms with Gasteiger partial charge in [-0.15, -0.1) is 0 Å². The lowest BCUT2D eigenvalue weighted by atomic mass is 9.79. The Morgan fingerprint density at radius 1 is 0.944 bits per heavy atom. The maximum Gasteiger partial charge on any atom is 0.159 e. The number of rotatable bonds is 3. The zero-order valence-corrected chi connectivity index (χ0v) is 12.6. The average molecular weight is 246 g/mol. The van der Waals surface area contributed by atoms with Crippen LogP contribution in [0.4, 0.5) is 0 Å². The summed E-state index contributed by atoms with van der Waals surface area (Å²) in [5, 5.41) is 0. The summed E-state index contributed by atoms with van der Waals surface area (Å²) in [5.74, 6) is 1.61. The fraction of sp³-hybridized carbons (Fsp3) is 0.588. The molecule has 0 fully saturated rings. The first-order chi connectivity index (χ1) is 8.34. The van der Waals surface area contributed by atoms with Gasteiger partial charge >= 0.3 is 0 Å². The second kappa shape index (κ2) is 6.17. The first-order valence-corrected chi connectivity index (χ1v) is 6.99. The maximum absolute atomic E-state index is 11.8. The molecule has 100 valence electrons. The van der Waals surface area contributed by atoms with E-state index >= 15 is 0 Å². The minimum Gasteiger partial charge on any atom is -0.294 e. The summed E-state index contributed by atoms with van der Waals surface area (Å²) in [5.41, 5.74) is 4.11. The average Bonchev–Trinajstić information content (AvgIpc) is 2.21. The largest absolute Gasteiger partial charge is 0.294 e. The van der Waals surface area contributed by atoms with Gasteiger partial charge in [0.25, 0.3) is 0 Å². The fourth-order valence-corrected chi connectivity index (χ4v) is 2.60. The maximum atomic E-state index is 11.8. The summed E-state index contributed by atoms with van der Waals surface area (Å²) in [6.07, 6.45) is 6.32. The van der Waals surface area contributed by atoms with Crippen LogP contribution in [0, 0.1) is 17.8 Å². The Kier molecular flexibility index (Phi) is 5.13. The molecule has 0 radical (unpaired) electrons. The smallest absolute Gasteiger partial charge is 0.159 e. The molecule has 0 saturated heterocycles. The normalized spacial score (nSPS) is 19.4. The number of hydrogen-bond donors (Lipinski definition) is 0. The van der Waals surface area contributed by atoms with Crippen LogP contribution in [-0.4, -0.2) is 5.78 Å². The lowest BCUT2D eigenvalue weighted by Crippen LogP contribution is -2.14. The number of hydrogen-bond acceptors (Lipinski definition) is 1. The summed E-state index contributed by atoms with van der Waals surface area (Å²) < 4.78 is 0. The van der Waals surface area contributed by atoms with Gasteiger partial charge in [-0.2, -0.15) is 0 Å². The lowest BCUT2D eigenvalue weighted by molar-refractivity contribution is -0.114. The van der Waals surface area contributed by atoms with Gasteiger partial charge in [0.05, 0.1) is 0 Å². The predicted molar refractivity (Wildman–Crippen MR) is 78.4 cm³/mol. The summed E-state index contributed by atoms with van der Waals surface area (Å²) >= 11 is 0. The van der Waals surface area contributed by atoms with Crippen LogP contribution in [0.5, 0.6) is 0 Å². The predicted octanol–water partition coefficient (Wildman–Crippen LogP) is 4.71. The van der Waals surface area contributed by atoms with E-state index in [1.165, 1.54) is 16.7 Å². The van der Waals surface area contributed by atoms with Gasteiger partial charge in [0.1, 0.15) is 0 Å². The van der Waals surface area contributed by atoms with E-state index in [9.17, 15) is 4.79 Å². The molecule has 0 atom stereocenters. The summed E-state index contributed by atoms with van der Waals surface area (Å²) in [6.45, 7) is 13.3. The number of allylic oxidation sites excluding steroid dienone is 6. The van der Waals surface area contributed by atoms with Crippen molar-refractivity contribution in [2.45, 2.75) is 48.0 Å². The van der Waals surface area contributed by atoms with Crippen LogP contribution >= 0.6 is 0 Å².